The minimum Gasteiger partial charge on any atom is -0.314 e. The Labute approximate surface area is 168 Å². The molecular formula is C22H45N5. The summed E-state index contributed by atoms with van der Waals surface area (Å²) in [7, 11) is 0. The van der Waals surface area contributed by atoms with Crippen LogP contribution in [0, 0.1) is 5.92 Å². The number of piperidine rings is 2. The molecule has 5 heteroatoms. The van der Waals surface area contributed by atoms with Crippen LogP contribution in [0.3, 0.4) is 0 Å². The fraction of sp³-hybridized carbons (Fsp3) is 1.00. The molecule has 0 spiro atoms. The molecule has 3 aliphatic heterocycles. The van der Waals surface area contributed by atoms with Crippen LogP contribution in [-0.2, 0) is 0 Å². The van der Waals surface area contributed by atoms with Crippen molar-refractivity contribution >= 4 is 0 Å². The largest absolute Gasteiger partial charge is 0.314 e. The summed E-state index contributed by atoms with van der Waals surface area (Å²) in [6.07, 6.45) is 5.51. The van der Waals surface area contributed by atoms with Crippen molar-refractivity contribution in [3.05, 3.63) is 0 Å². The summed E-state index contributed by atoms with van der Waals surface area (Å²) >= 11 is 0. The molecule has 0 aromatic heterocycles. The quantitative estimate of drug-likeness (QED) is 0.693. The molecule has 0 aliphatic carbocycles. The van der Waals surface area contributed by atoms with Crippen LogP contribution >= 0.6 is 0 Å². The van der Waals surface area contributed by atoms with E-state index >= 15 is 0 Å². The third kappa shape index (κ3) is 6.97. The van der Waals surface area contributed by atoms with Gasteiger partial charge in [0.25, 0.3) is 0 Å². The second-order valence-corrected chi connectivity index (χ2v) is 9.39. The maximum absolute atomic E-state index is 3.62. The van der Waals surface area contributed by atoms with Gasteiger partial charge in [0, 0.05) is 57.9 Å². The average Bonchev–Trinajstić information content (AvgIpc) is 2.69. The maximum Gasteiger partial charge on any atom is 0.0113 e. The van der Waals surface area contributed by atoms with Crippen LogP contribution in [0.5, 0.6) is 0 Å². The lowest BCUT2D eigenvalue weighted by molar-refractivity contribution is 0.0857. The van der Waals surface area contributed by atoms with E-state index in [-0.39, 0.29) is 0 Å². The first-order valence-electron chi connectivity index (χ1n) is 11.8. The third-order valence-corrected chi connectivity index (χ3v) is 7.17. The summed E-state index contributed by atoms with van der Waals surface area (Å²) in [5.41, 5.74) is 0. The van der Waals surface area contributed by atoms with Crippen LogP contribution in [0.1, 0.15) is 46.5 Å². The Hall–Kier alpha value is -0.200. The fourth-order valence-electron chi connectivity index (χ4n) is 5.15. The monoisotopic (exact) mass is 379 g/mol. The molecular weight excluding hydrogens is 334 g/mol. The van der Waals surface area contributed by atoms with E-state index in [1.54, 1.807) is 0 Å². The van der Waals surface area contributed by atoms with Crippen LogP contribution in [0.4, 0.5) is 0 Å². The molecule has 3 saturated heterocycles. The predicted molar refractivity (Wildman–Crippen MR) is 115 cm³/mol. The van der Waals surface area contributed by atoms with Crippen molar-refractivity contribution in [1.82, 2.24) is 24.9 Å². The van der Waals surface area contributed by atoms with Gasteiger partial charge in [0.1, 0.15) is 0 Å². The molecule has 3 heterocycles. The molecule has 0 saturated carbocycles. The van der Waals surface area contributed by atoms with E-state index < -0.39 is 0 Å². The lowest BCUT2D eigenvalue weighted by atomic mass is 9.94. The molecule has 3 aliphatic rings. The van der Waals surface area contributed by atoms with Crippen molar-refractivity contribution in [3.8, 4) is 0 Å². The molecule has 0 unspecified atom stereocenters. The zero-order valence-electron chi connectivity index (χ0n) is 18.3. The van der Waals surface area contributed by atoms with Crippen molar-refractivity contribution in [2.75, 3.05) is 78.5 Å². The first-order chi connectivity index (χ1) is 13.1. The van der Waals surface area contributed by atoms with Crippen LogP contribution < -0.4 is 5.32 Å². The summed E-state index contributed by atoms with van der Waals surface area (Å²) in [6, 6.07) is 1.48. The Bertz CT molecular complexity index is 392. The van der Waals surface area contributed by atoms with Gasteiger partial charge in [-0.1, -0.05) is 6.92 Å². The van der Waals surface area contributed by atoms with E-state index in [1.165, 1.54) is 97.7 Å². The topological polar surface area (TPSA) is 25.0 Å². The van der Waals surface area contributed by atoms with Gasteiger partial charge in [0.05, 0.1) is 0 Å². The van der Waals surface area contributed by atoms with Gasteiger partial charge in [0.2, 0.25) is 0 Å². The Morgan fingerprint density at radius 3 is 1.85 bits per heavy atom. The molecule has 1 N–H and O–H groups in total. The Kier molecular flexibility index (Phi) is 8.85. The number of piperazine rings is 1. The zero-order valence-corrected chi connectivity index (χ0v) is 18.3. The van der Waals surface area contributed by atoms with E-state index in [4.69, 9.17) is 0 Å². The molecule has 27 heavy (non-hydrogen) atoms. The molecule has 0 amide bonds. The van der Waals surface area contributed by atoms with Crippen molar-refractivity contribution in [2.24, 2.45) is 5.92 Å². The summed E-state index contributed by atoms with van der Waals surface area (Å²) in [4.78, 5) is 10.8. The lowest BCUT2D eigenvalue weighted by Crippen LogP contribution is -2.51. The highest BCUT2D eigenvalue weighted by Crippen LogP contribution is 2.20. The molecule has 0 bridgehead atoms. The SMILES string of the molecule is CCNC1CCN(CC2CCN(CCN3CCN(C(C)C)CC3)CC2)CC1. The van der Waals surface area contributed by atoms with Gasteiger partial charge in [-0.2, -0.15) is 0 Å². The highest BCUT2D eigenvalue weighted by atomic mass is 15.3. The smallest absolute Gasteiger partial charge is 0.0113 e. The zero-order chi connectivity index (χ0) is 19.1. The van der Waals surface area contributed by atoms with Gasteiger partial charge >= 0.3 is 0 Å². The van der Waals surface area contributed by atoms with Gasteiger partial charge in [0.15, 0.2) is 0 Å². The average molecular weight is 380 g/mol. The van der Waals surface area contributed by atoms with Gasteiger partial charge < -0.3 is 15.1 Å². The molecule has 3 rings (SSSR count). The Balaban J connectivity index is 1.25. The second-order valence-electron chi connectivity index (χ2n) is 9.39. The standard InChI is InChI=1S/C22H45N5/c1-4-23-22-7-11-26(12-8-22)19-21-5-9-24(10-6-21)13-14-25-15-17-27(18-16-25)20(2)3/h20-23H,4-19H2,1-3H3. The Morgan fingerprint density at radius 1 is 0.741 bits per heavy atom. The first-order valence-corrected chi connectivity index (χ1v) is 11.8. The minimum atomic E-state index is 0.708. The molecule has 3 fully saturated rings. The molecule has 158 valence electrons. The fourth-order valence-corrected chi connectivity index (χ4v) is 5.15. The van der Waals surface area contributed by atoms with E-state index in [1.807, 2.05) is 0 Å². The van der Waals surface area contributed by atoms with Crippen LogP contribution in [-0.4, -0.2) is 110 Å². The predicted octanol–water partition coefficient (Wildman–Crippen LogP) is 1.80. The summed E-state index contributed by atoms with van der Waals surface area (Å²) in [5.74, 6) is 0.937. The minimum absolute atomic E-state index is 0.708. The van der Waals surface area contributed by atoms with E-state index in [2.05, 4.69) is 45.7 Å². The number of hydrogen-bond acceptors (Lipinski definition) is 5. The van der Waals surface area contributed by atoms with Crippen molar-refractivity contribution in [2.45, 2.75) is 58.5 Å². The van der Waals surface area contributed by atoms with E-state index in [9.17, 15) is 0 Å². The van der Waals surface area contributed by atoms with Gasteiger partial charge in [-0.3, -0.25) is 9.80 Å². The molecule has 0 aromatic rings. The summed E-state index contributed by atoms with van der Waals surface area (Å²) in [6.45, 7) is 22.2. The Morgan fingerprint density at radius 2 is 1.30 bits per heavy atom. The number of likely N-dealkylation sites (tertiary alicyclic amines) is 2. The highest BCUT2D eigenvalue weighted by Gasteiger charge is 2.25. The van der Waals surface area contributed by atoms with Gasteiger partial charge in [-0.15, -0.1) is 0 Å². The van der Waals surface area contributed by atoms with Gasteiger partial charge in [-0.25, -0.2) is 0 Å². The summed E-state index contributed by atoms with van der Waals surface area (Å²) in [5, 5.41) is 3.62. The number of nitrogens with one attached hydrogen (secondary N) is 1. The maximum atomic E-state index is 3.62. The summed E-state index contributed by atoms with van der Waals surface area (Å²) < 4.78 is 0. The van der Waals surface area contributed by atoms with E-state index in [0.29, 0.717) is 6.04 Å². The van der Waals surface area contributed by atoms with Crippen LogP contribution in [0.15, 0.2) is 0 Å². The number of rotatable bonds is 8. The molecule has 0 aromatic carbocycles. The normalized spacial score (nSPS) is 26.2. The third-order valence-electron chi connectivity index (χ3n) is 7.17. The van der Waals surface area contributed by atoms with Crippen molar-refractivity contribution < 1.29 is 0 Å². The number of hydrogen-bond donors (Lipinski definition) is 1. The second kappa shape index (κ2) is 11.1. The molecule has 0 atom stereocenters. The van der Waals surface area contributed by atoms with E-state index in [0.717, 1.165) is 18.5 Å². The van der Waals surface area contributed by atoms with Gasteiger partial charge in [-0.05, 0) is 78.2 Å². The highest BCUT2D eigenvalue weighted by molar-refractivity contribution is 4.81. The van der Waals surface area contributed by atoms with Crippen molar-refractivity contribution in [1.29, 1.82) is 0 Å². The van der Waals surface area contributed by atoms with Crippen molar-refractivity contribution in [3.63, 3.8) is 0 Å². The number of nitrogens with zero attached hydrogens (tertiary/aromatic N) is 4. The molecule has 0 radical (unpaired) electrons. The van der Waals surface area contributed by atoms with Crippen LogP contribution in [0.2, 0.25) is 0 Å². The molecule has 5 nitrogen and oxygen atoms in total. The van der Waals surface area contributed by atoms with Crippen LogP contribution in [0.25, 0.3) is 0 Å². The first kappa shape index (κ1) is 21.5. The lowest BCUT2D eigenvalue weighted by Gasteiger charge is -2.40.